The van der Waals surface area contributed by atoms with Gasteiger partial charge in [-0.2, -0.15) is 0 Å². The number of nitrogens with two attached hydrogens (primary N) is 1. The molecule has 0 aromatic heterocycles. The smallest absolute Gasteiger partial charge is 0.130 e. The Hall–Kier alpha value is -1.15. The lowest BCUT2D eigenvalue weighted by Crippen LogP contribution is -1.96. The zero-order chi connectivity index (χ0) is 9.68. The van der Waals surface area contributed by atoms with E-state index in [1.807, 2.05) is 19.1 Å². The first kappa shape index (κ1) is 9.93. The minimum absolute atomic E-state index is 0.173. The second-order valence-electron chi connectivity index (χ2n) is 2.94. The van der Waals surface area contributed by atoms with E-state index in [-0.39, 0.29) is 5.82 Å². The summed E-state index contributed by atoms with van der Waals surface area (Å²) in [5.74, 6) is -0.173. The topological polar surface area (TPSA) is 26.0 Å². The first-order chi connectivity index (χ1) is 6.25. The van der Waals surface area contributed by atoms with Crippen LogP contribution in [0.5, 0.6) is 0 Å². The van der Waals surface area contributed by atoms with Crippen LogP contribution in [0.25, 0.3) is 5.57 Å². The van der Waals surface area contributed by atoms with Crippen LogP contribution < -0.4 is 5.73 Å². The van der Waals surface area contributed by atoms with Crippen molar-refractivity contribution in [1.82, 2.24) is 0 Å². The number of benzene rings is 1. The van der Waals surface area contributed by atoms with Gasteiger partial charge in [-0.25, -0.2) is 4.39 Å². The molecule has 0 heterocycles. The van der Waals surface area contributed by atoms with E-state index in [0.29, 0.717) is 12.1 Å². The Morgan fingerprint density at radius 1 is 1.46 bits per heavy atom. The van der Waals surface area contributed by atoms with Crippen molar-refractivity contribution in [2.45, 2.75) is 13.3 Å². The van der Waals surface area contributed by atoms with Gasteiger partial charge in [0.25, 0.3) is 0 Å². The van der Waals surface area contributed by atoms with E-state index in [1.165, 1.54) is 6.07 Å². The molecule has 13 heavy (non-hydrogen) atoms. The van der Waals surface area contributed by atoms with Gasteiger partial charge in [0.2, 0.25) is 0 Å². The molecule has 1 aromatic carbocycles. The van der Waals surface area contributed by atoms with E-state index in [2.05, 4.69) is 0 Å². The van der Waals surface area contributed by atoms with Crippen LogP contribution in [-0.2, 0) is 0 Å². The van der Waals surface area contributed by atoms with Crippen LogP contribution in [0, 0.1) is 5.82 Å². The molecule has 0 amide bonds. The van der Waals surface area contributed by atoms with E-state index in [4.69, 9.17) is 5.73 Å². The highest BCUT2D eigenvalue weighted by molar-refractivity contribution is 5.63. The maximum absolute atomic E-state index is 13.2. The molecule has 70 valence electrons. The molecule has 0 saturated heterocycles. The molecule has 1 aromatic rings. The highest BCUT2D eigenvalue weighted by atomic mass is 19.1. The molecule has 0 bridgehead atoms. The van der Waals surface area contributed by atoms with Crippen molar-refractivity contribution < 1.29 is 4.39 Å². The first-order valence-corrected chi connectivity index (χ1v) is 4.37. The second-order valence-corrected chi connectivity index (χ2v) is 2.94. The van der Waals surface area contributed by atoms with Crippen LogP contribution in [0.4, 0.5) is 4.39 Å². The maximum Gasteiger partial charge on any atom is 0.130 e. The molecule has 0 saturated carbocycles. The Labute approximate surface area is 78.1 Å². The summed E-state index contributed by atoms with van der Waals surface area (Å²) in [6.07, 6.45) is 2.75. The van der Waals surface area contributed by atoms with Crippen LogP contribution in [0.1, 0.15) is 18.9 Å². The highest BCUT2D eigenvalue weighted by Gasteiger charge is 2.00. The zero-order valence-corrected chi connectivity index (χ0v) is 7.76. The number of hydrogen-bond donors (Lipinski definition) is 1. The Kier molecular flexibility index (Phi) is 3.65. The summed E-state index contributed by atoms with van der Waals surface area (Å²) < 4.78 is 13.2. The summed E-state index contributed by atoms with van der Waals surface area (Å²) >= 11 is 0. The normalized spacial score (nSPS) is 11.8. The van der Waals surface area contributed by atoms with E-state index < -0.39 is 0 Å². The van der Waals surface area contributed by atoms with Gasteiger partial charge in [0.05, 0.1) is 0 Å². The van der Waals surface area contributed by atoms with Crippen LogP contribution in [-0.4, -0.2) is 6.54 Å². The van der Waals surface area contributed by atoms with Gasteiger partial charge in [0.15, 0.2) is 0 Å². The standard InChI is InChI=1S/C11H14FN/c1-9(5-4-8-13)10-6-2-3-7-11(10)12/h2-3,5-7H,4,8,13H2,1H3. The second kappa shape index (κ2) is 4.77. The van der Waals surface area contributed by atoms with E-state index in [1.54, 1.807) is 12.1 Å². The number of halogens is 1. The van der Waals surface area contributed by atoms with Crippen molar-refractivity contribution in [3.05, 3.63) is 41.7 Å². The van der Waals surface area contributed by atoms with Gasteiger partial charge in [-0.15, -0.1) is 0 Å². The van der Waals surface area contributed by atoms with E-state index in [9.17, 15) is 4.39 Å². The minimum atomic E-state index is -0.173. The quantitative estimate of drug-likeness (QED) is 0.758. The van der Waals surface area contributed by atoms with Crippen LogP contribution >= 0.6 is 0 Å². The van der Waals surface area contributed by atoms with Gasteiger partial charge in [-0.3, -0.25) is 0 Å². The molecule has 0 aliphatic rings. The molecule has 0 fully saturated rings. The Balaban J connectivity index is 2.88. The third kappa shape index (κ3) is 2.67. The molecule has 2 heteroatoms. The van der Waals surface area contributed by atoms with Crippen molar-refractivity contribution in [1.29, 1.82) is 0 Å². The summed E-state index contributed by atoms with van der Waals surface area (Å²) in [5, 5.41) is 0. The van der Waals surface area contributed by atoms with Gasteiger partial charge < -0.3 is 5.73 Å². The van der Waals surface area contributed by atoms with Gasteiger partial charge in [-0.05, 0) is 31.5 Å². The molecular weight excluding hydrogens is 165 g/mol. The molecule has 0 aliphatic heterocycles. The maximum atomic E-state index is 13.2. The van der Waals surface area contributed by atoms with Crippen molar-refractivity contribution >= 4 is 5.57 Å². The van der Waals surface area contributed by atoms with Crippen LogP contribution in [0.2, 0.25) is 0 Å². The summed E-state index contributed by atoms with van der Waals surface area (Å²) in [4.78, 5) is 0. The molecule has 1 rings (SSSR count). The SMILES string of the molecule is CC(=CCCN)c1ccccc1F. The third-order valence-electron chi connectivity index (χ3n) is 1.92. The van der Waals surface area contributed by atoms with Gasteiger partial charge in [-0.1, -0.05) is 24.3 Å². The summed E-state index contributed by atoms with van der Waals surface area (Å²) in [7, 11) is 0. The first-order valence-electron chi connectivity index (χ1n) is 4.37. The van der Waals surface area contributed by atoms with Gasteiger partial charge >= 0.3 is 0 Å². The lowest BCUT2D eigenvalue weighted by atomic mass is 10.1. The fraction of sp³-hybridized carbons (Fsp3) is 0.273. The molecule has 0 unspecified atom stereocenters. The molecule has 1 nitrogen and oxygen atoms in total. The molecular formula is C11H14FN. The van der Waals surface area contributed by atoms with Gasteiger partial charge in [0, 0.05) is 5.56 Å². The average Bonchev–Trinajstić information content (AvgIpc) is 2.15. The highest BCUT2D eigenvalue weighted by Crippen LogP contribution is 2.17. The monoisotopic (exact) mass is 179 g/mol. The number of allylic oxidation sites excluding steroid dienone is 1. The van der Waals surface area contributed by atoms with Crippen LogP contribution in [0.3, 0.4) is 0 Å². The fourth-order valence-corrected chi connectivity index (χ4v) is 1.19. The number of hydrogen-bond acceptors (Lipinski definition) is 1. The molecule has 0 radical (unpaired) electrons. The lowest BCUT2D eigenvalue weighted by Gasteiger charge is -2.02. The van der Waals surface area contributed by atoms with E-state index in [0.717, 1.165) is 12.0 Å². The van der Waals surface area contributed by atoms with Crippen LogP contribution in [0.15, 0.2) is 30.3 Å². The lowest BCUT2D eigenvalue weighted by molar-refractivity contribution is 0.624. The van der Waals surface area contributed by atoms with Gasteiger partial charge in [0.1, 0.15) is 5.82 Å². The predicted octanol–water partition coefficient (Wildman–Crippen LogP) is 2.58. The molecule has 0 spiro atoms. The Bertz CT molecular complexity index is 305. The third-order valence-corrected chi connectivity index (χ3v) is 1.92. The summed E-state index contributed by atoms with van der Waals surface area (Å²) in [6, 6.07) is 6.76. The van der Waals surface area contributed by atoms with Crippen molar-refractivity contribution in [2.24, 2.45) is 5.73 Å². The Morgan fingerprint density at radius 3 is 2.77 bits per heavy atom. The molecule has 2 N–H and O–H groups in total. The van der Waals surface area contributed by atoms with E-state index >= 15 is 0 Å². The Morgan fingerprint density at radius 2 is 2.15 bits per heavy atom. The molecule has 0 aliphatic carbocycles. The summed E-state index contributed by atoms with van der Waals surface area (Å²) in [5.41, 5.74) is 6.97. The predicted molar refractivity (Wildman–Crippen MR) is 53.7 cm³/mol. The van der Waals surface area contributed by atoms with Crippen molar-refractivity contribution in [3.8, 4) is 0 Å². The van der Waals surface area contributed by atoms with Crippen molar-refractivity contribution in [3.63, 3.8) is 0 Å². The zero-order valence-electron chi connectivity index (χ0n) is 7.76. The minimum Gasteiger partial charge on any atom is -0.330 e. The largest absolute Gasteiger partial charge is 0.330 e. The summed E-state index contributed by atoms with van der Waals surface area (Å²) in [6.45, 7) is 2.50. The molecule has 0 atom stereocenters. The van der Waals surface area contributed by atoms with Crippen molar-refractivity contribution in [2.75, 3.05) is 6.54 Å². The fourth-order valence-electron chi connectivity index (χ4n) is 1.19. The number of rotatable bonds is 3. The average molecular weight is 179 g/mol.